The van der Waals surface area contributed by atoms with Crippen LogP contribution in [-0.2, 0) is 21.2 Å². The van der Waals surface area contributed by atoms with Gasteiger partial charge >= 0.3 is 0 Å². The first-order chi connectivity index (χ1) is 12.0. The molecule has 1 amide bonds. The molecule has 25 heavy (non-hydrogen) atoms. The molecule has 0 spiro atoms. The summed E-state index contributed by atoms with van der Waals surface area (Å²) in [5, 5.41) is 4.66. The van der Waals surface area contributed by atoms with Gasteiger partial charge in [-0.15, -0.1) is 11.3 Å². The Labute approximate surface area is 149 Å². The van der Waals surface area contributed by atoms with Crippen LogP contribution in [0.3, 0.4) is 0 Å². The van der Waals surface area contributed by atoms with Gasteiger partial charge in [-0.3, -0.25) is 9.52 Å². The number of nitrogens with zero attached hydrogens (tertiary/aromatic N) is 1. The van der Waals surface area contributed by atoms with E-state index < -0.39 is 10.0 Å². The third-order valence-corrected chi connectivity index (χ3v) is 5.51. The minimum Gasteiger partial charge on any atom is -0.326 e. The Morgan fingerprint density at radius 2 is 1.84 bits per heavy atom. The van der Waals surface area contributed by atoms with E-state index in [1.807, 2.05) is 17.5 Å². The van der Waals surface area contributed by atoms with E-state index in [1.165, 1.54) is 29.7 Å². The fourth-order valence-electron chi connectivity index (χ4n) is 2.11. The average molecular weight is 373 g/mol. The van der Waals surface area contributed by atoms with Crippen LogP contribution >= 0.6 is 11.3 Å². The van der Waals surface area contributed by atoms with Crippen molar-refractivity contribution in [2.45, 2.75) is 11.3 Å². The number of pyridine rings is 1. The Morgan fingerprint density at radius 1 is 1.04 bits per heavy atom. The van der Waals surface area contributed by atoms with Gasteiger partial charge in [0, 0.05) is 16.8 Å². The van der Waals surface area contributed by atoms with Crippen molar-refractivity contribution in [1.29, 1.82) is 0 Å². The quantitative estimate of drug-likeness (QED) is 0.695. The summed E-state index contributed by atoms with van der Waals surface area (Å²) in [5.74, 6) is 0.0977. The molecule has 2 aromatic heterocycles. The zero-order valence-corrected chi connectivity index (χ0v) is 14.7. The molecule has 0 bridgehead atoms. The predicted molar refractivity (Wildman–Crippen MR) is 98.1 cm³/mol. The number of amides is 1. The molecule has 8 heteroatoms. The van der Waals surface area contributed by atoms with E-state index in [-0.39, 0.29) is 16.6 Å². The van der Waals surface area contributed by atoms with Crippen LogP contribution in [0.4, 0.5) is 11.5 Å². The van der Waals surface area contributed by atoms with Crippen molar-refractivity contribution in [3.8, 4) is 0 Å². The van der Waals surface area contributed by atoms with E-state index in [9.17, 15) is 13.2 Å². The molecule has 0 saturated heterocycles. The van der Waals surface area contributed by atoms with Crippen LogP contribution in [0.2, 0.25) is 0 Å². The van der Waals surface area contributed by atoms with Gasteiger partial charge in [0.25, 0.3) is 10.0 Å². The highest BCUT2D eigenvalue weighted by atomic mass is 32.2. The third-order valence-electron chi connectivity index (χ3n) is 3.27. The number of sulfonamides is 1. The molecule has 1 aromatic carbocycles. The zero-order chi connectivity index (χ0) is 17.7. The van der Waals surface area contributed by atoms with Crippen molar-refractivity contribution in [3.05, 3.63) is 71.1 Å². The monoisotopic (exact) mass is 373 g/mol. The summed E-state index contributed by atoms with van der Waals surface area (Å²) < 4.78 is 27.0. The van der Waals surface area contributed by atoms with E-state index in [2.05, 4.69) is 15.0 Å². The van der Waals surface area contributed by atoms with Crippen molar-refractivity contribution in [2.24, 2.45) is 0 Å². The van der Waals surface area contributed by atoms with Crippen molar-refractivity contribution < 1.29 is 13.2 Å². The predicted octanol–water partition coefficient (Wildman–Crippen LogP) is 3.13. The van der Waals surface area contributed by atoms with Crippen LogP contribution < -0.4 is 10.0 Å². The zero-order valence-electron chi connectivity index (χ0n) is 13.0. The summed E-state index contributed by atoms with van der Waals surface area (Å²) in [6, 6.07) is 14.7. The number of hydrogen-bond donors (Lipinski definition) is 2. The van der Waals surface area contributed by atoms with Crippen molar-refractivity contribution in [3.63, 3.8) is 0 Å². The van der Waals surface area contributed by atoms with Crippen LogP contribution in [-0.4, -0.2) is 19.3 Å². The van der Waals surface area contributed by atoms with Gasteiger partial charge in [0.2, 0.25) is 5.91 Å². The van der Waals surface area contributed by atoms with E-state index in [0.717, 1.165) is 4.88 Å². The summed E-state index contributed by atoms with van der Waals surface area (Å²) >= 11 is 1.51. The largest absolute Gasteiger partial charge is 0.326 e. The van der Waals surface area contributed by atoms with Crippen LogP contribution in [0.15, 0.2) is 71.1 Å². The number of hydrogen-bond acceptors (Lipinski definition) is 5. The summed E-state index contributed by atoms with van der Waals surface area (Å²) in [4.78, 5) is 17.0. The molecule has 0 atom stereocenters. The molecule has 0 unspecified atom stereocenters. The second kappa shape index (κ2) is 7.45. The molecular weight excluding hydrogens is 358 g/mol. The number of carbonyl (C=O) groups is 1. The summed E-state index contributed by atoms with van der Waals surface area (Å²) in [6.45, 7) is 0. The number of anilines is 2. The highest BCUT2D eigenvalue weighted by Crippen LogP contribution is 2.17. The SMILES string of the molecule is O=C(Cc1cccs1)Nc1ccc(S(=O)(=O)Nc2ccccn2)cc1. The van der Waals surface area contributed by atoms with Crippen LogP contribution in [0.25, 0.3) is 0 Å². The lowest BCUT2D eigenvalue weighted by Gasteiger charge is -2.08. The maximum absolute atomic E-state index is 12.3. The molecule has 0 aliphatic carbocycles. The Morgan fingerprint density at radius 3 is 2.48 bits per heavy atom. The maximum Gasteiger partial charge on any atom is 0.263 e. The van der Waals surface area contributed by atoms with E-state index in [0.29, 0.717) is 12.1 Å². The lowest BCUT2D eigenvalue weighted by molar-refractivity contribution is -0.115. The van der Waals surface area contributed by atoms with Crippen molar-refractivity contribution in [1.82, 2.24) is 4.98 Å². The summed E-state index contributed by atoms with van der Waals surface area (Å²) in [6.07, 6.45) is 1.79. The minimum atomic E-state index is -3.72. The Balaban J connectivity index is 1.66. The molecule has 0 aliphatic heterocycles. The number of thiophene rings is 1. The second-order valence-corrected chi connectivity index (χ2v) is 7.86. The minimum absolute atomic E-state index is 0.0920. The van der Waals surface area contributed by atoms with Gasteiger partial charge in [0.05, 0.1) is 11.3 Å². The van der Waals surface area contributed by atoms with Gasteiger partial charge in [0.1, 0.15) is 5.82 Å². The number of nitrogens with one attached hydrogen (secondary N) is 2. The molecule has 0 aliphatic rings. The van der Waals surface area contributed by atoms with Crippen molar-refractivity contribution in [2.75, 3.05) is 10.0 Å². The lowest BCUT2D eigenvalue weighted by atomic mass is 10.3. The molecule has 0 radical (unpaired) electrons. The van der Waals surface area contributed by atoms with Gasteiger partial charge < -0.3 is 5.32 Å². The normalized spacial score (nSPS) is 11.0. The number of rotatable bonds is 6. The number of benzene rings is 1. The Hall–Kier alpha value is -2.71. The Kier molecular flexibility index (Phi) is 5.11. The van der Waals surface area contributed by atoms with Gasteiger partial charge in [-0.2, -0.15) is 0 Å². The van der Waals surface area contributed by atoms with Crippen LogP contribution in [0.5, 0.6) is 0 Å². The fraction of sp³-hybridized carbons (Fsp3) is 0.0588. The first-order valence-electron chi connectivity index (χ1n) is 7.39. The van der Waals surface area contributed by atoms with Crippen LogP contribution in [0.1, 0.15) is 4.88 Å². The smallest absolute Gasteiger partial charge is 0.263 e. The van der Waals surface area contributed by atoms with Gasteiger partial charge in [0.15, 0.2) is 0 Å². The summed E-state index contributed by atoms with van der Waals surface area (Å²) in [5.41, 5.74) is 0.540. The standard InChI is InChI=1S/C17H15N3O3S2/c21-17(12-14-4-3-11-24-14)19-13-6-8-15(9-7-13)25(22,23)20-16-5-1-2-10-18-16/h1-11H,12H2,(H,18,20)(H,19,21). The summed E-state index contributed by atoms with van der Waals surface area (Å²) in [7, 11) is -3.72. The molecule has 2 N–H and O–H groups in total. The van der Waals surface area contributed by atoms with Gasteiger partial charge in [-0.25, -0.2) is 13.4 Å². The molecule has 3 aromatic rings. The third kappa shape index (κ3) is 4.65. The number of carbonyl (C=O) groups excluding carboxylic acids is 1. The van der Waals surface area contributed by atoms with E-state index in [4.69, 9.17) is 0 Å². The van der Waals surface area contributed by atoms with Gasteiger partial charge in [-0.05, 0) is 47.8 Å². The molecule has 0 saturated carbocycles. The van der Waals surface area contributed by atoms with E-state index >= 15 is 0 Å². The topological polar surface area (TPSA) is 88.2 Å². The molecule has 3 rings (SSSR count). The maximum atomic E-state index is 12.3. The second-order valence-electron chi connectivity index (χ2n) is 5.15. The first kappa shape index (κ1) is 17.1. The molecular formula is C17H15N3O3S2. The molecule has 128 valence electrons. The molecule has 2 heterocycles. The highest BCUT2D eigenvalue weighted by Gasteiger charge is 2.15. The first-order valence-corrected chi connectivity index (χ1v) is 9.75. The molecule has 6 nitrogen and oxygen atoms in total. The fourth-order valence-corrected chi connectivity index (χ4v) is 3.83. The number of aromatic nitrogens is 1. The molecule has 0 fully saturated rings. The lowest BCUT2D eigenvalue weighted by Crippen LogP contribution is -2.15. The highest BCUT2D eigenvalue weighted by molar-refractivity contribution is 7.92. The van der Waals surface area contributed by atoms with Crippen LogP contribution in [0, 0.1) is 0 Å². The Bertz CT molecular complexity index is 939. The van der Waals surface area contributed by atoms with Gasteiger partial charge in [-0.1, -0.05) is 12.1 Å². The van der Waals surface area contributed by atoms with E-state index in [1.54, 1.807) is 30.3 Å². The van der Waals surface area contributed by atoms with Crippen molar-refractivity contribution >= 4 is 38.8 Å². The average Bonchev–Trinajstić information content (AvgIpc) is 3.08.